The third-order valence-electron chi connectivity index (χ3n) is 3.58. The molecule has 0 saturated heterocycles. The fourth-order valence-corrected chi connectivity index (χ4v) is 2.53. The Balaban J connectivity index is 2.24. The van der Waals surface area contributed by atoms with Crippen LogP contribution in [0.5, 0.6) is 0 Å². The summed E-state index contributed by atoms with van der Waals surface area (Å²) in [5.74, 6) is -1.24. The van der Waals surface area contributed by atoms with Crippen LogP contribution in [-0.4, -0.2) is 17.0 Å². The standard InChI is InChI=1S/C17H18BrNO4/c1-4-13-12(16(21)22)9-14(23-13)15(20)19-17(2,3)10-5-7-11(18)8-6-10/h5-9H,4H2,1-3H3,(H,19,20)(H,21,22). The van der Waals surface area contributed by atoms with Crippen LogP contribution in [0, 0.1) is 0 Å². The summed E-state index contributed by atoms with van der Waals surface area (Å²) in [5, 5.41) is 12.0. The zero-order valence-corrected chi connectivity index (χ0v) is 14.7. The number of benzene rings is 1. The quantitative estimate of drug-likeness (QED) is 0.823. The number of carboxylic acids is 1. The van der Waals surface area contributed by atoms with Gasteiger partial charge in [0, 0.05) is 17.0 Å². The summed E-state index contributed by atoms with van der Waals surface area (Å²) in [6, 6.07) is 8.88. The lowest BCUT2D eigenvalue weighted by Crippen LogP contribution is -2.40. The van der Waals surface area contributed by atoms with Crippen LogP contribution >= 0.6 is 15.9 Å². The van der Waals surface area contributed by atoms with Crippen molar-refractivity contribution in [1.29, 1.82) is 0 Å². The second-order valence-corrected chi connectivity index (χ2v) is 6.61. The molecule has 122 valence electrons. The predicted molar refractivity (Wildman–Crippen MR) is 89.7 cm³/mol. The van der Waals surface area contributed by atoms with Gasteiger partial charge in [0.2, 0.25) is 0 Å². The number of furan rings is 1. The highest BCUT2D eigenvalue weighted by molar-refractivity contribution is 9.10. The first-order valence-electron chi connectivity index (χ1n) is 7.19. The van der Waals surface area contributed by atoms with Crippen LogP contribution in [0.15, 0.2) is 39.2 Å². The molecule has 6 heteroatoms. The minimum atomic E-state index is -1.10. The number of aryl methyl sites for hydroxylation is 1. The molecule has 1 aromatic heterocycles. The maximum atomic E-state index is 12.4. The Morgan fingerprint density at radius 1 is 1.26 bits per heavy atom. The van der Waals surface area contributed by atoms with E-state index in [0.29, 0.717) is 12.2 Å². The van der Waals surface area contributed by atoms with E-state index in [1.807, 2.05) is 38.1 Å². The Kier molecular flexibility index (Phi) is 4.94. The van der Waals surface area contributed by atoms with E-state index in [9.17, 15) is 9.59 Å². The predicted octanol–water partition coefficient (Wildman–Crippen LogP) is 3.97. The molecule has 5 nitrogen and oxygen atoms in total. The number of carbonyl (C=O) groups excluding carboxylic acids is 1. The van der Waals surface area contributed by atoms with Crippen molar-refractivity contribution >= 4 is 27.8 Å². The second-order valence-electron chi connectivity index (χ2n) is 5.69. The molecule has 0 aliphatic heterocycles. The molecule has 2 rings (SSSR count). The molecular formula is C17H18BrNO4. The summed E-state index contributed by atoms with van der Waals surface area (Å²) in [7, 11) is 0. The third-order valence-corrected chi connectivity index (χ3v) is 4.10. The molecule has 1 aromatic carbocycles. The number of nitrogens with one attached hydrogen (secondary N) is 1. The zero-order valence-electron chi connectivity index (χ0n) is 13.1. The van der Waals surface area contributed by atoms with Crippen LogP contribution in [0.1, 0.15) is 53.0 Å². The maximum Gasteiger partial charge on any atom is 0.339 e. The van der Waals surface area contributed by atoms with E-state index in [-0.39, 0.29) is 11.3 Å². The number of hydrogen-bond donors (Lipinski definition) is 2. The highest BCUT2D eigenvalue weighted by atomic mass is 79.9. The van der Waals surface area contributed by atoms with Crippen LogP contribution < -0.4 is 5.32 Å². The fourth-order valence-electron chi connectivity index (χ4n) is 2.27. The number of carboxylic acid groups (broad SMARTS) is 1. The number of carbonyl (C=O) groups is 2. The molecule has 23 heavy (non-hydrogen) atoms. The molecule has 0 bridgehead atoms. The smallest absolute Gasteiger partial charge is 0.339 e. The van der Waals surface area contributed by atoms with Crippen molar-refractivity contribution in [2.75, 3.05) is 0 Å². The molecule has 0 saturated carbocycles. The van der Waals surface area contributed by atoms with E-state index in [2.05, 4.69) is 21.2 Å². The van der Waals surface area contributed by atoms with Gasteiger partial charge in [-0.1, -0.05) is 35.0 Å². The van der Waals surface area contributed by atoms with Crippen molar-refractivity contribution in [3.63, 3.8) is 0 Å². The van der Waals surface area contributed by atoms with Gasteiger partial charge in [0.05, 0.1) is 5.54 Å². The lowest BCUT2D eigenvalue weighted by Gasteiger charge is -2.26. The molecule has 0 atom stereocenters. The van der Waals surface area contributed by atoms with E-state index in [4.69, 9.17) is 9.52 Å². The topological polar surface area (TPSA) is 79.5 Å². The molecule has 1 amide bonds. The van der Waals surface area contributed by atoms with Gasteiger partial charge in [0.1, 0.15) is 11.3 Å². The van der Waals surface area contributed by atoms with E-state index >= 15 is 0 Å². The van der Waals surface area contributed by atoms with Gasteiger partial charge in [0.25, 0.3) is 5.91 Å². The molecular weight excluding hydrogens is 362 g/mol. The van der Waals surface area contributed by atoms with Gasteiger partial charge in [-0.15, -0.1) is 0 Å². The summed E-state index contributed by atoms with van der Waals surface area (Å²) in [6.07, 6.45) is 0.408. The van der Waals surface area contributed by atoms with Gasteiger partial charge in [-0.2, -0.15) is 0 Å². The molecule has 2 aromatic rings. The van der Waals surface area contributed by atoms with Crippen LogP contribution in [0.3, 0.4) is 0 Å². The van der Waals surface area contributed by atoms with Gasteiger partial charge in [-0.3, -0.25) is 4.79 Å². The van der Waals surface area contributed by atoms with Gasteiger partial charge in [-0.25, -0.2) is 4.79 Å². The molecule has 0 unspecified atom stereocenters. The van der Waals surface area contributed by atoms with Crippen molar-refractivity contribution in [3.8, 4) is 0 Å². The number of hydrogen-bond acceptors (Lipinski definition) is 3. The third kappa shape index (κ3) is 3.82. The molecule has 1 heterocycles. The Labute approximate surface area is 142 Å². The van der Waals surface area contributed by atoms with Crippen LogP contribution in [0.2, 0.25) is 0 Å². The Morgan fingerprint density at radius 2 is 1.87 bits per heavy atom. The van der Waals surface area contributed by atoms with Crippen LogP contribution in [0.4, 0.5) is 0 Å². The minimum Gasteiger partial charge on any atom is -0.478 e. The summed E-state index contributed by atoms with van der Waals surface area (Å²) in [4.78, 5) is 23.6. The highest BCUT2D eigenvalue weighted by Gasteiger charge is 2.26. The molecule has 0 radical (unpaired) electrons. The van der Waals surface area contributed by atoms with Crippen LogP contribution in [-0.2, 0) is 12.0 Å². The van der Waals surface area contributed by atoms with Crippen molar-refractivity contribution < 1.29 is 19.1 Å². The maximum absolute atomic E-state index is 12.4. The average molecular weight is 380 g/mol. The van der Waals surface area contributed by atoms with E-state index < -0.39 is 17.4 Å². The van der Waals surface area contributed by atoms with Gasteiger partial charge >= 0.3 is 5.97 Å². The summed E-state index contributed by atoms with van der Waals surface area (Å²) < 4.78 is 6.34. The average Bonchev–Trinajstić information content (AvgIpc) is 2.92. The highest BCUT2D eigenvalue weighted by Crippen LogP contribution is 2.24. The fraction of sp³-hybridized carbons (Fsp3) is 0.294. The first-order chi connectivity index (χ1) is 10.7. The SMILES string of the molecule is CCc1oc(C(=O)NC(C)(C)c2ccc(Br)cc2)cc1C(=O)O. The Hall–Kier alpha value is -2.08. The number of aromatic carboxylic acids is 1. The van der Waals surface area contributed by atoms with E-state index in [1.165, 1.54) is 6.07 Å². The number of halogens is 1. The summed E-state index contributed by atoms with van der Waals surface area (Å²) in [6.45, 7) is 5.52. The van der Waals surface area contributed by atoms with Crippen molar-refractivity contribution in [1.82, 2.24) is 5.32 Å². The summed E-state index contributed by atoms with van der Waals surface area (Å²) in [5.41, 5.74) is 0.328. The van der Waals surface area contributed by atoms with Crippen LogP contribution in [0.25, 0.3) is 0 Å². The molecule has 2 N–H and O–H groups in total. The first kappa shape index (κ1) is 17.3. The zero-order chi connectivity index (χ0) is 17.2. The van der Waals surface area contributed by atoms with Crippen molar-refractivity contribution in [2.24, 2.45) is 0 Å². The van der Waals surface area contributed by atoms with Gasteiger partial charge in [0.15, 0.2) is 5.76 Å². The van der Waals surface area contributed by atoms with Gasteiger partial charge < -0.3 is 14.8 Å². The lowest BCUT2D eigenvalue weighted by molar-refractivity contribution is 0.0694. The lowest BCUT2D eigenvalue weighted by atomic mass is 9.94. The molecule has 0 aliphatic rings. The molecule has 0 aliphatic carbocycles. The van der Waals surface area contributed by atoms with E-state index in [1.54, 1.807) is 6.92 Å². The monoisotopic (exact) mass is 379 g/mol. The number of rotatable bonds is 5. The van der Waals surface area contributed by atoms with Gasteiger partial charge in [-0.05, 0) is 31.5 Å². The minimum absolute atomic E-state index is 0.00411. The molecule has 0 fully saturated rings. The van der Waals surface area contributed by atoms with Crippen molar-refractivity contribution in [3.05, 3.63) is 57.5 Å². The number of amides is 1. The largest absolute Gasteiger partial charge is 0.478 e. The molecule has 0 spiro atoms. The van der Waals surface area contributed by atoms with E-state index in [0.717, 1.165) is 10.0 Å². The first-order valence-corrected chi connectivity index (χ1v) is 7.98. The normalized spacial score (nSPS) is 11.3. The summed E-state index contributed by atoms with van der Waals surface area (Å²) >= 11 is 3.37. The Bertz CT molecular complexity index is 732. The Morgan fingerprint density at radius 3 is 2.35 bits per heavy atom. The van der Waals surface area contributed by atoms with Crippen molar-refractivity contribution in [2.45, 2.75) is 32.7 Å². The second kappa shape index (κ2) is 6.58.